The number of benzene rings is 1. The van der Waals surface area contributed by atoms with Crippen molar-refractivity contribution < 1.29 is 4.79 Å². The molecule has 0 N–H and O–H groups in total. The fourth-order valence-electron chi connectivity index (χ4n) is 3.94. The molecule has 1 aliphatic heterocycles. The fourth-order valence-corrected chi connectivity index (χ4v) is 3.94. The highest BCUT2D eigenvalue weighted by Gasteiger charge is 2.53. The molecule has 5 heteroatoms. The van der Waals surface area contributed by atoms with Gasteiger partial charge in [0.05, 0.1) is 5.41 Å². The van der Waals surface area contributed by atoms with E-state index in [4.69, 9.17) is 4.98 Å². The second-order valence-electron chi connectivity index (χ2n) is 8.11. The van der Waals surface area contributed by atoms with Gasteiger partial charge in [-0.1, -0.05) is 44.2 Å². The summed E-state index contributed by atoms with van der Waals surface area (Å²) in [6.07, 6.45) is 1.94. The molecular formula is C22H28N4O. The molecule has 4 rings (SSSR count). The number of carbonyl (C=O) groups is 1. The molecule has 0 atom stereocenters. The van der Waals surface area contributed by atoms with Crippen LogP contribution in [0.15, 0.2) is 36.4 Å². The van der Waals surface area contributed by atoms with E-state index in [1.807, 2.05) is 30.0 Å². The van der Waals surface area contributed by atoms with Crippen LogP contribution in [0.2, 0.25) is 0 Å². The first-order chi connectivity index (χ1) is 13.0. The predicted molar refractivity (Wildman–Crippen MR) is 107 cm³/mol. The molecule has 0 radical (unpaired) electrons. The molecule has 1 saturated carbocycles. The van der Waals surface area contributed by atoms with E-state index in [2.05, 4.69) is 41.9 Å². The lowest BCUT2D eigenvalue weighted by molar-refractivity contribution is -0.134. The Morgan fingerprint density at radius 3 is 2.30 bits per heavy atom. The van der Waals surface area contributed by atoms with Gasteiger partial charge >= 0.3 is 0 Å². The van der Waals surface area contributed by atoms with Gasteiger partial charge in [0.2, 0.25) is 5.91 Å². The van der Waals surface area contributed by atoms with Gasteiger partial charge < -0.3 is 9.80 Å². The van der Waals surface area contributed by atoms with Crippen LogP contribution in [0.5, 0.6) is 0 Å². The van der Waals surface area contributed by atoms with Crippen LogP contribution < -0.4 is 4.90 Å². The quantitative estimate of drug-likeness (QED) is 0.835. The van der Waals surface area contributed by atoms with Crippen LogP contribution in [0.1, 0.15) is 49.7 Å². The van der Waals surface area contributed by atoms with E-state index >= 15 is 0 Å². The molecular weight excluding hydrogens is 336 g/mol. The smallest absolute Gasteiger partial charge is 0.233 e. The van der Waals surface area contributed by atoms with Crippen molar-refractivity contribution in [3.8, 4) is 0 Å². The normalized spacial score (nSPS) is 18.7. The summed E-state index contributed by atoms with van der Waals surface area (Å²) in [4.78, 5) is 26.8. The summed E-state index contributed by atoms with van der Waals surface area (Å²) in [7, 11) is 0. The summed E-state index contributed by atoms with van der Waals surface area (Å²) in [5, 5.41) is 0. The molecule has 1 aliphatic carbocycles. The van der Waals surface area contributed by atoms with Crippen molar-refractivity contribution in [1.82, 2.24) is 14.9 Å². The monoisotopic (exact) mass is 364 g/mol. The molecule has 2 aliphatic rings. The van der Waals surface area contributed by atoms with Crippen molar-refractivity contribution in [1.29, 1.82) is 0 Å². The van der Waals surface area contributed by atoms with Gasteiger partial charge in [0.15, 0.2) is 0 Å². The summed E-state index contributed by atoms with van der Waals surface area (Å²) >= 11 is 0. The Morgan fingerprint density at radius 1 is 1.04 bits per heavy atom. The molecule has 0 unspecified atom stereocenters. The molecule has 0 bridgehead atoms. The van der Waals surface area contributed by atoms with Gasteiger partial charge in [-0.25, -0.2) is 9.97 Å². The number of aryl methyl sites for hydroxylation is 1. The number of hydrogen-bond donors (Lipinski definition) is 0. The van der Waals surface area contributed by atoms with E-state index in [-0.39, 0.29) is 5.41 Å². The SMILES string of the molecule is Cc1cc(N2CCN(C(=O)C3(c4ccccc4)CC3)CC2)nc(C(C)C)n1. The van der Waals surface area contributed by atoms with E-state index in [9.17, 15) is 4.79 Å². The summed E-state index contributed by atoms with van der Waals surface area (Å²) in [6, 6.07) is 12.3. The first-order valence-electron chi connectivity index (χ1n) is 9.95. The lowest BCUT2D eigenvalue weighted by Gasteiger charge is -2.37. The minimum Gasteiger partial charge on any atom is -0.353 e. The van der Waals surface area contributed by atoms with Crippen molar-refractivity contribution in [2.75, 3.05) is 31.1 Å². The maximum atomic E-state index is 13.2. The Morgan fingerprint density at radius 2 is 1.70 bits per heavy atom. The standard InChI is InChI=1S/C22H28N4O/c1-16(2)20-23-17(3)15-19(24-20)25-11-13-26(14-12-25)21(27)22(9-10-22)18-7-5-4-6-8-18/h4-8,15-16H,9-14H2,1-3H3. The van der Waals surface area contributed by atoms with Crippen LogP contribution in [0.4, 0.5) is 5.82 Å². The van der Waals surface area contributed by atoms with Crippen LogP contribution in [0, 0.1) is 6.92 Å². The average Bonchev–Trinajstić information content (AvgIpc) is 3.50. The summed E-state index contributed by atoms with van der Waals surface area (Å²) in [5.41, 5.74) is 1.91. The average molecular weight is 364 g/mol. The number of amides is 1. The fraction of sp³-hybridized carbons (Fsp3) is 0.500. The molecule has 2 aromatic rings. The first-order valence-corrected chi connectivity index (χ1v) is 9.95. The Balaban J connectivity index is 1.45. The van der Waals surface area contributed by atoms with E-state index < -0.39 is 0 Å². The highest BCUT2D eigenvalue weighted by atomic mass is 16.2. The third-order valence-corrected chi connectivity index (χ3v) is 5.75. The van der Waals surface area contributed by atoms with E-state index in [1.54, 1.807) is 0 Å². The van der Waals surface area contributed by atoms with Gasteiger partial charge in [-0.15, -0.1) is 0 Å². The van der Waals surface area contributed by atoms with Crippen molar-refractivity contribution in [2.45, 2.75) is 44.9 Å². The third-order valence-electron chi connectivity index (χ3n) is 5.75. The van der Waals surface area contributed by atoms with E-state index in [1.165, 1.54) is 5.56 Å². The maximum absolute atomic E-state index is 13.2. The molecule has 2 heterocycles. The minimum absolute atomic E-state index is 0.264. The maximum Gasteiger partial charge on any atom is 0.233 e. The van der Waals surface area contributed by atoms with Gasteiger partial charge in [0.25, 0.3) is 0 Å². The predicted octanol–water partition coefficient (Wildman–Crippen LogP) is 3.29. The van der Waals surface area contributed by atoms with Crippen molar-refractivity contribution in [3.63, 3.8) is 0 Å². The number of nitrogens with zero attached hydrogens (tertiary/aromatic N) is 4. The highest BCUT2D eigenvalue weighted by molar-refractivity contribution is 5.91. The largest absolute Gasteiger partial charge is 0.353 e. The second kappa shape index (κ2) is 6.95. The molecule has 5 nitrogen and oxygen atoms in total. The molecule has 1 aromatic carbocycles. The highest BCUT2D eigenvalue weighted by Crippen LogP contribution is 2.49. The van der Waals surface area contributed by atoms with Crippen molar-refractivity contribution in [2.24, 2.45) is 0 Å². The van der Waals surface area contributed by atoms with Gasteiger partial charge in [-0.05, 0) is 25.3 Å². The molecule has 0 spiro atoms. The van der Waals surface area contributed by atoms with Gasteiger partial charge in [0, 0.05) is 43.9 Å². The van der Waals surface area contributed by atoms with Crippen LogP contribution in [-0.2, 0) is 10.2 Å². The summed E-state index contributed by atoms with van der Waals surface area (Å²) in [5.74, 6) is 2.49. The second-order valence-corrected chi connectivity index (χ2v) is 8.11. The van der Waals surface area contributed by atoms with Crippen LogP contribution in [0.3, 0.4) is 0 Å². The Bertz CT molecular complexity index is 821. The van der Waals surface area contributed by atoms with E-state index in [0.717, 1.165) is 56.4 Å². The zero-order chi connectivity index (χ0) is 19.0. The summed E-state index contributed by atoms with van der Waals surface area (Å²) in [6.45, 7) is 9.42. The molecule has 2 fully saturated rings. The molecule has 142 valence electrons. The zero-order valence-electron chi connectivity index (χ0n) is 16.5. The molecule has 27 heavy (non-hydrogen) atoms. The van der Waals surface area contributed by atoms with Crippen LogP contribution >= 0.6 is 0 Å². The van der Waals surface area contributed by atoms with Gasteiger partial charge in [-0.3, -0.25) is 4.79 Å². The van der Waals surface area contributed by atoms with Crippen LogP contribution in [-0.4, -0.2) is 47.0 Å². The van der Waals surface area contributed by atoms with Crippen molar-refractivity contribution >= 4 is 11.7 Å². The van der Waals surface area contributed by atoms with E-state index in [0.29, 0.717) is 11.8 Å². The Labute approximate surface area is 161 Å². The van der Waals surface area contributed by atoms with Crippen LogP contribution in [0.25, 0.3) is 0 Å². The lowest BCUT2D eigenvalue weighted by Crippen LogP contribution is -2.51. The number of carbonyl (C=O) groups excluding carboxylic acids is 1. The van der Waals surface area contributed by atoms with Crippen molar-refractivity contribution in [3.05, 3.63) is 53.5 Å². The number of hydrogen-bond acceptors (Lipinski definition) is 4. The Hall–Kier alpha value is -2.43. The van der Waals surface area contributed by atoms with Gasteiger partial charge in [0.1, 0.15) is 11.6 Å². The van der Waals surface area contributed by atoms with Gasteiger partial charge in [-0.2, -0.15) is 0 Å². The zero-order valence-corrected chi connectivity index (χ0v) is 16.5. The molecule has 1 saturated heterocycles. The number of anilines is 1. The molecule has 1 aromatic heterocycles. The lowest BCUT2D eigenvalue weighted by atomic mass is 9.94. The number of rotatable bonds is 4. The third kappa shape index (κ3) is 3.43. The Kier molecular flexibility index (Phi) is 4.62. The number of piperazine rings is 1. The summed E-state index contributed by atoms with van der Waals surface area (Å²) < 4.78 is 0. The first kappa shape index (κ1) is 18.0. The molecule has 1 amide bonds. The number of aromatic nitrogens is 2. The topological polar surface area (TPSA) is 49.3 Å². The minimum atomic E-state index is -0.264.